The van der Waals surface area contributed by atoms with Crippen LogP contribution in [0.2, 0.25) is 0 Å². The maximum absolute atomic E-state index is 11.7. The Kier molecular flexibility index (Phi) is 11.8. The average molecular weight is 341 g/mol. The van der Waals surface area contributed by atoms with Crippen molar-refractivity contribution in [1.82, 2.24) is 10.9 Å². The molecule has 0 aromatic carbocycles. The number of hydrazine groups is 1. The highest BCUT2D eigenvalue weighted by molar-refractivity contribution is 5.81. The van der Waals surface area contributed by atoms with Crippen molar-refractivity contribution in [2.45, 2.75) is 99.5 Å². The summed E-state index contributed by atoms with van der Waals surface area (Å²) in [5.41, 5.74) is 6.68. The van der Waals surface area contributed by atoms with Crippen molar-refractivity contribution < 1.29 is 4.79 Å². The number of carbonyl (C=O) groups is 1. The lowest BCUT2D eigenvalue weighted by Gasteiger charge is -2.48. The van der Waals surface area contributed by atoms with E-state index < -0.39 is 0 Å². The van der Waals surface area contributed by atoms with Crippen molar-refractivity contribution in [2.24, 2.45) is 23.2 Å². The van der Waals surface area contributed by atoms with Crippen LogP contribution in [0.3, 0.4) is 0 Å². The molecule has 3 heteroatoms. The zero-order valence-electron chi connectivity index (χ0n) is 17.7. The lowest BCUT2D eigenvalue weighted by Crippen LogP contribution is -2.46. The van der Waals surface area contributed by atoms with E-state index in [1.165, 1.54) is 38.5 Å². The smallest absolute Gasteiger partial charge is 0.148 e. The van der Waals surface area contributed by atoms with Crippen LogP contribution in [-0.2, 0) is 4.79 Å². The fraction of sp³-hybridized carbons (Fsp3) is 0.952. The van der Waals surface area contributed by atoms with Gasteiger partial charge in [0.25, 0.3) is 0 Å². The molecular weight excluding hydrogens is 296 g/mol. The van der Waals surface area contributed by atoms with E-state index in [4.69, 9.17) is 0 Å². The Hall–Kier alpha value is -0.410. The van der Waals surface area contributed by atoms with E-state index in [0.717, 1.165) is 18.3 Å². The summed E-state index contributed by atoms with van der Waals surface area (Å²) in [6.07, 6.45) is 9.33. The molecule has 2 rings (SSSR count). The average Bonchev–Trinajstić information content (AvgIpc) is 3.07. The van der Waals surface area contributed by atoms with Crippen molar-refractivity contribution in [2.75, 3.05) is 7.05 Å². The maximum atomic E-state index is 11.7. The van der Waals surface area contributed by atoms with E-state index in [9.17, 15) is 4.79 Å². The Labute approximate surface area is 151 Å². The molecule has 144 valence electrons. The normalized spacial score (nSPS) is 29.1. The second-order valence-electron chi connectivity index (χ2n) is 7.37. The molecule has 2 saturated carbocycles. The van der Waals surface area contributed by atoms with Crippen molar-refractivity contribution in [1.29, 1.82) is 0 Å². The van der Waals surface area contributed by atoms with Gasteiger partial charge in [0.15, 0.2) is 0 Å². The first kappa shape index (κ1) is 23.6. The monoisotopic (exact) mass is 340 g/mol. The Bertz CT molecular complexity index is 323. The molecule has 0 aromatic rings. The second kappa shape index (κ2) is 12.0. The number of hydrogen-bond acceptors (Lipinski definition) is 3. The van der Waals surface area contributed by atoms with Gasteiger partial charge in [-0.15, -0.1) is 0 Å². The van der Waals surface area contributed by atoms with Gasteiger partial charge in [0, 0.05) is 0 Å². The van der Waals surface area contributed by atoms with Crippen molar-refractivity contribution in [3.05, 3.63) is 0 Å². The van der Waals surface area contributed by atoms with Crippen molar-refractivity contribution >= 4 is 5.78 Å². The Morgan fingerprint density at radius 3 is 1.88 bits per heavy atom. The largest absolute Gasteiger partial charge is 0.298 e. The summed E-state index contributed by atoms with van der Waals surface area (Å²) in [5.74, 6) is 2.59. The summed E-state index contributed by atoms with van der Waals surface area (Å²) in [5, 5.41) is 0. The van der Waals surface area contributed by atoms with Gasteiger partial charge in [0.05, 0.1) is 6.04 Å². The van der Waals surface area contributed by atoms with Crippen LogP contribution in [0.5, 0.6) is 0 Å². The zero-order valence-corrected chi connectivity index (χ0v) is 17.7. The van der Waals surface area contributed by atoms with Crippen molar-refractivity contribution in [3.8, 4) is 0 Å². The van der Waals surface area contributed by atoms with Crippen LogP contribution in [0.1, 0.15) is 93.4 Å². The quantitative estimate of drug-likeness (QED) is 0.663. The minimum atomic E-state index is -0.0259. The van der Waals surface area contributed by atoms with Gasteiger partial charge in [-0.05, 0) is 69.2 Å². The molecule has 0 radical (unpaired) electrons. The minimum absolute atomic E-state index is 0.0259. The second-order valence-corrected chi connectivity index (χ2v) is 7.37. The minimum Gasteiger partial charge on any atom is -0.298 e. The summed E-state index contributed by atoms with van der Waals surface area (Å²) < 4.78 is 0. The molecule has 3 atom stereocenters. The molecule has 3 unspecified atom stereocenters. The number of rotatable bonds is 5. The van der Waals surface area contributed by atoms with Crippen LogP contribution in [-0.4, -0.2) is 18.9 Å². The van der Waals surface area contributed by atoms with E-state index in [1.54, 1.807) is 6.92 Å². The summed E-state index contributed by atoms with van der Waals surface area (Å²) in [4.78, 5) is 11.7. The molecule has 0 aliphatic heterocycles. The van der Waals surface area contributed by atoms with Crippen LogP contribution >= 0.6 is 0 Å². The molecular formula is C21H44N2O. The molecule has 2 aliphatic carbocycles. The van der Waals surface area contributed by atoms with Crippen molar-refractivity contribution in [3.63, 3.8) is 0 Å². The molecule has 0 saturated heterocycles. The third-order valence-electron chi connectivity index (χ3n) is 6.25. The molecule has 0 bridgehead atoms. The van der Waals surface area contributed by atoms with Gasteiger partial charge in [-0.3, -0.25) is 10.2 Å². The lowest BCUT2D eigenvalue weighted by molar-refractivity contribution is -0.120. The van der Waals surface area contributed by atoms with Crippen LogP contribution in [0.25, 0.3) is 0 Å². The molecule has 2 N–H and O–H groups in total. The van der Waals surface area contributed by atoms with E-state index in [-0.39, 0.29) is 11.8 Å². The summed E-state index contributed by atoms with van der Waals surface area (Å²) in [6, 6.07) is -0.0259. The molecule has 2 aliphatic rings. The number of hydrogen-bond donors (Lipinski definition) is 2. The van der Waals surface area contributed by atoms with E-state index in [0.29, 0.717) is 11.3 Å². The van der Waals surface area contributed by atoms with Gasteiger partial charge >= 0.3 is 0 Å². The van der Waals surface area contributed by atoms with Gasteiger partial charge < -0.3 is 0 Å². The maximum Gasteiger partial charge on any atom is 0.148 e. The number of carbonyl (C=O) groups excluding carboxylic acids is 1. The van der Waals surface area contributed by atoms with Gasteiger partial charge in [0.1, 0.15) is 5.78 Å². The van der Waals surface area contributed by atoms with Crippen LogP contribution < -0.4 is 10.9 Å². The molecule has 2 fully saturated rings. The fourth-order valence-electron chi connectivity index (χ4n) is 5.10. The molecule has 24 heavy (non-hydrogen) atoms. The molecule has 0 aromatic heterocycles. The van der Waals surface area contributed by atoms with Gasteiger partial charge in [-0.25, -0.2) is 5.43 Å². The highest BCUT2D eigenvalue weighted by atomic mass is 16.1. The van der Waals surface area contributed by atoms with E-state index >= 15 is 0 Å². The Morgan fingerprint density at radius 1 is 1.04 bits per heavy atom. The highest BCUT2D eigenvalue weighted by Crippen LogP contribution is 2.57. The summed E-state index contributed by atoms with van der Waals surface area (Å²) in [6.45, 7) is 14.6. The van der Waals surface area contributed by atoms with Gasteiger partial charge in [0.2, 0.25) is 0 Å². The predicted molar refractivity (Wildman–Crippen MR) is 106 cm³/mol. The lowest BCUT2D eigenvalue weighted by atomic mass is 9.57. The Morgan fingerprint density at radius 2 is 1.50 bits per heavy atom. The molecule has 3 nitrogen and oxygen atoms in total. The number of ketones is 1. The first-order valence-corrected chi connectivity index (χ1v) is 10.4. The zero-order chi connectivity index (χ0) is 18.8. The Balaban J connectivity index is 0.00000123. The third kappa shape index (κ3) is 5.84. The summed E-state index contributed by atoms with van der Waals surface area (Å²) in [7, 11) is 1.84. The fourth-order valence-corrected chi connectivity index (χ4v) is 5.10. The van der Waals surface area contributed by atoms with Crippen LogP contribution in [0, 0.1) is 23.2 Å². The van der Waals surface area contributed by atoms with Crippen LogP contribution in [0.15, 0.2) is 0 Å². The standard InChI is InChI=1S/C17H32N2O.2C2H6/c1-12-9-15(11-16(14(3)20)19-18-4)10-13(2)17(12)7-5-6-8-17;2*1-2/h12-13,15-16,18-19H,5-11H2,1-4H3;2*1-2H3. The highest BCUT2D eigenvalue weighted by Gasteiger charge is 2.47. The SMILES string of the molecule is CC.CC.CNNC(CC1CC(C)C2(CCCC2)C(C)C1)C(C)=O. The number of Topliss-reactive ketones (excluding diaryl/α,β-unsaturated/α-hetero) is 1. The van der Waals surface area contributed by atoms with Gasteiger partial charge in [-0.2, -0.15) is 0 Å². The molecule has 1 spiro atoms. The molecule has 0 amide bonds. The van der Waals surface area contributed by atoms with Gasteiger partial charge in [-0.1, -0.05) is 54.4 Å². The topological polar surface area (TPSA) is 41.1 Å². The first-order chi connectivity index (χ1) is 11.5. The summed E-state index contributed by atoms with van der Waals surface area (Å²) >= 11 is 0. The molecule has 0 heterocycles. The predicted octanol–water partition coefficient (Wildman–Crippen LogP) is 5.35. The number of nitrogens with one attached hydrogen (secondary N) is 2. The first-order valence-electron chi connectivity index (χ1n) is 10.4. The van der Waals surface area contributed by atoms with Crippen LogP contribution in [0.4, 0.5) is 0 Å². The van der Waals surface area contributed by atoms with E-state index in [2.05, 4.69) is 24.7 Å². The third-order valence-corrected chi connectivity index (χ3v) is 6.25. The van der Waals surface area contributed by atoms with E-state index in [1.807, 2.05) is 34.7 Å².